The molecule has 3 rings (SSSR count). The van der Waals surface area contributed by atoms with Crippen molar-refractivity contribution in [1.29, 1.82) is 0 Å². The van der Waals surface area contributed by atoms with Gasteiger partial charge in [-0.1, -0.05) is 6.07 Å². The van der Waals surface area contributed by atoms with Crippen LogP contribution in [0.15, 0.2) is 30.5 Å². The Hall–Kier alpha value is -2.30. The first kappa shape index (κ1) is 17.5. The first-order chi connectivity index (χ1) is 11.7. The van der Waals surface area contributed by atoms with Gasteiger partial charge in [0.2, 0.25) is 0 Å². The number of anilines is 1. The molecule has 1 unspecified atom stereocenters. The smallest absolute Gasteiger partial charge is 0.410 e. The number of benzene rings is 1. The second kappa shape index (κ2) is 6.54. The fraction of sp³-hybridized carbons (Fsp3) is 0.500. The summed E-state index contributed by atoms with van der Waals surface area (Å²) in [6, 6.07) is 8.65. The lowest BCUT2D eigenvalue weighted by atomic mass is 10.1. The molecule has 0 aliphatic carbocycles. The number of rotatable bonds is 2. The first-order valence-corrected chi connectivity index (χ1v) is 8.81. The van der Waals surface area contributed by atoms with Crippen LogP contribution in [0, 0.1) is 6.92 Å². The topological polar surface area (TPSA) is 45.7 Å². The van der Waals surface area contributed by atoms with E-state index in [1.807, 2.05) is 39.1 Å². The van der Waals surface area contributed by atoms with Gasteiger partial charge in [-0.25, -0.2) is 4.79 Å². The normalized spacial score (nSPS) is 17.8. The largest absolute Gasteiger partial charge is 0.444 e. The quantitative estimate of drug-likeness (QED) is 0.828. The summed E-state index contributed by atoms with van der Waals surface area (Å²) in [6.45, 7) is 9.16. The number of hydrogen-bond donors (Lipinski definition) is 0. The number of amides is 1. The van der Waals surface area contributed by atoms with Crippen LogP contribution >= 0.6 is 0 Å². The van der Waals surface area contributed by atoms with E-state index >= 15 is 0 Å². The molecule has 0 spiro atoms. The number of aryl methyl sites for hydroxylation is 1. The molecule has 2 aromatic rings. The van der Waals surface area contributed by atoms with E-state index < -0.39 is 5.60 Å². The number of carbonyl (C=O) groups is 1. The zero-order valence-corrected chi connectivity index (χ0v) is 15.7. The molecular formula is C20H27N3O2. The van der Waals surface area contributed by atoms with E-state index in [0.29, 0.717) is 6.54 Å². The molecule has 0 N–H and O–H groups in total. The fourth-order valence-corrected chi connectivity index (χ4v) is 3.29. The van der Waals surface area contributed by atoms with E-state index in [4.69, 9.17) is 4.74 Å². The monoisotopic (exact) mass is 341 g/mol. The number of carbonyl (C=O) groups excluding carboxylic acids is 1. The van der Waals surface area contributed by atoms with Gasteiger partial charge in [0.25, 0.3) is 0 Å². The fourth-order valence-electron chi connectivity index (χ4n) is 3.29. The number of nitrogens with zero attached hydrogens (tertiary/aromatic N) is 3. The number of fused-ring (bicyclic) bond motifs is 1. The van der Waals surface area contributed by atoms with Crippen molar-refractivity contribution in [2.24, 2.45) is 0 Å². The summed E-state index contributed by atoms with van der Waals surface area (Å²) in [5.41, 5.74) is 2.84. The Morgan fingerprint density at radius 1 is 1.36 bits per heavy atom. The molecule has 1 aromatic carbocycles. The Morgan fingerprint density at radius 3 is 2.84 bits per heavy atom. The molecular weight excluding hydrogens is 314 g/mol. The minimum absolute atomic E-state index is 0.223. The van der Waals surface area contributed by atoms with Crippen LogP contribution in [0.2, 0.25) is 0 Å². The maximum absolute atomic E-state index is 12.3. The minimum atomic E-state index is -0.458. The summed E-state index contributed by atoms with van der Waals surface area (Å²) in [4.78, 5) is 20.9. The average molecular weight is 341 g/mol. The Morgan fingerprint density at radius 2 is 2.12 bits per heavy atom. The van der Waals surface area contributed by atoms with E-state index in [2.05, 4.69) is 36.0 Å². The summed E-state index contributed by atoms with van der Waals surface area (Å²) >= 11 is 0. The first-order valence-electron chi connectivity index (χ1n) is 8.81. The van der Waals surface area contributed by atoms with Gasteiger partial charge in [0, 0.05) is 43.4 Å². The maximum atomic E-state index is 12.3. The predicted octanol–water partition coefficient (Wildman–Crippen LogP) is 3.99. The van der Waals surface area contributed by atoms with Gasteiger partial charge in [0.15, 0.2) is 0 Å². The summed E-state index contributed by atoms with van der Waals surface area (Å²) in [7, 11) is 2.10. The maximum Gasteiger partial charge on any atom is 0.410 e. The molecule has 0 saturated carbocycles. The zero-order chi connectivity index (χ0) is 18.2. The van der Waals surface area contributed by atoms with Gasteiger partial charge in [-0.2, -0.15) is 0 Å². The number of hydrogen-bond acceptors (Lipinski definition) is 4. The van der Waals surface area contributed by atoms with Gasteiger partial charge in [-0.05, 0) is 57.9 Å². The Balaban J connectivity index is 1.78. The van der Waals surface area contributed by atoms with Crippen molar-refractivity contribution in [3.8, 4) is 0 Å². The number of likely N-dealkylation sites (tertiary alicyclic amines) is 1. The van der Waals surface area contributed by atoms with E-state index in [1.54, 1.807) is 4.90 Å². The molecule has 1 saturated heterocycles. The van der Waals surface area contributed by atoms with Crippen LogP contribution in [0.3, 0.4) is 0 Å². The third-order valence-electron chi connectivity index (χ3n) is 4.58. The molecule has 5 nitrogen and oxygen atoms in total. The van der Waals surface area contributed by atoms with Crippen LogP contribution in [-0.2, 0) is 4.74 Å². The third-order valence-corrected chi connectivity index (χ3v) is 4.58. The number of ether oxygens (including phenoxy) is 1. The van der Waals surface area contributed by atoms with Crippen LogP contribution in [0.4, 0.5) is 10.5 Å². The van der Waals surface area contributed by atoms with Crippen molar-refractivity contribution in [1.82, 2.24) is 9.88 Å². The summed E-state index contributed by atoms with van der Waals surface area (Å²) in [5.74, 6) is 0. The van der Waals surface area contributed by atoms with Crippen molar-refractivity contribution < 1.29 is 9.53 Å². The highest BCUT2D eigenvalue weighted by molar-refractivity contribution is 5.92. The second-order valence-corrected chi connectivity index (χ2v) is 7.84. The van der Waals surface area contributed by atoms with Crippen LogP contribution in [-0.4, -0.2) is 47.8 Å². The van der Waals surface area contributed by atoms with Crippen LogP contribution in [0.1, 0.15) is 32.8 Å². The zero-order valence-electron chi connectivity index (χ0n) is 15.7. The average Bonchev–Trinajstić information content (AvgIpc) is 3.02. The van der Waals surface area contributed by atoms with Gasteiger partial charge in [0.05, 0.1) is 5.52 Å². The standard InChI is InChI=1S/C20H27N3O2/c1-14-11-16-17(21-12-14)7-6-8-18(16)22(5)15-9-10-23(13-15)19(24)25-20(2,3)4/h6-8,11-12,15H,9-10,13H2,1-5H3. The predicted molar refractivity (Wildman–Crippen MR) is 101 cm³/mol. The second-order valence-electron chi connectivity index (χ2n) is 7.84. The lowest BCUT2D eigenvalue weighted by molar-refractivity contribution is 0.0292. The molecule has 5 heteroatoms. The van der Waals surface area contributed by atoms with Crippen molar-refractivity contribution >= 4 is 22.7 Å². The summed E-state index contributed by atoms with van der Waals surface area (Å²) in [5, 5.41) is 1.15. The molecule has 1 fully saturated rings. The van der Waals surface area contributed by atoms with Crippen molar-refractivity contribution in [2.75, 3.05) is 25.0 Å². The van der Waals surface area contributed by atoms with Gasteiger partial charge in [-0.15, -0.1) is 0 Å². The lowest BCUT2D eigenvalue weighted by Gasteiger charge is -2.29. The van der Waals surface area contributed by atoms with Crippen molar-refractivity contribution in [3.05, 3.63) is 36.0 Å². The molecule has 0 bridgehead atoms. The van der Waals surface area contributed by atoms with Gasteiger partial charge < -0.3 is 14.5 Å². The molecule has 1 aromatic heterocycles. The number of aromatic nitrogens is 1. The molecule has 1 aliphatic rings. The van der Waals surface area contributed by atoms with Crippen LogP contribution in [0.25, 0.3) is 10.9 Å². The molecule has 134 valence electrons. The molecule has 1 amide bonds. The van der Waals surface area contributed by atoms with Crippen molar-refractivity contribution in [2.45, 2.75) is 45.8 Å². The molecule has 0 radical (unpaired) electrons. The van der Waals surface area contributed by atoms with Crippen LogP contribution in [0.5, 0.6) is 0 Å². The Bertz CT molecular complexity index is 782. The molecule has 1 aliphatic heterocycles. The van der Waals surface area contributed by atoms with E-state index in [1.165, 1.54) is 0 Å². The third kappa shape index (κ3) is 3.86. The minimum Gasteiger partial charge on any atom is -0.444 e. The van der Waals surface area contributed by atoms with E-state index in [-0.39, 0.29) is 12.1 Å². The summed E-state index contributed by atoms with van der Waals surface area (Å²) in [6.07, 6.45) is 2.61. The Labute approximate surface area is 149 Å². The highest BCUT2D eigenvalue weighted by Gasteiger charge is 2.32. The van der Waals surface area contributed by atoms with Gasteiger partial charge in [-0.3, -0.25) is 4.98 Å². The van der Waals surface area contributed by atoms with Crippen molar-refractivity contribution in [3.63, 3.8) is 0 Å². The van der Waals surface area contributed by atoms with E-state index in [9.17, 15) is 4.79 Å². The lowest BCUT2D eigenvalue weighted by Crippen LogP contribution is -2.39. The van der Waals surface area contributed by atoms with E-state index in [0.717, 1.165) is 35.1 Å². The number of pyridine rings is 1. The van der Waals surface area contributed by atoms with Gasteiger partial charge in [0.1, 0.15) is 5.60 Å². The summed E-state index contributed by atoms with van der Waals surface area (Å²) < 4.78 is 5.50. The van der Waals surface area contributed by atoms with Gasteiger partial charge >= 0.3 is 6.09 Å². The highest BCUT2D eigenvalue weighted by atomic mass is 16.6. The molecule has 2 heterocycles. The molecule has 25 heavy (non-hydrogen) atoms. The number of likely N-dealkylation sites (N-methyl/N-ethyl adjacent to an activating group) is 1. The van der Waals surface area contributed by atoms with Crippen LogP contribution < -0.4 is 4.90 Å². The highest BCUT2D eigenvalue weighted by Crippen LogP contribution is 2.29. The SMILES string of the molecule is Cc1cnc2cccc(N(C)C3CCN(C(=O)OC(C)(C)C)C3)c2c1. The Kier molecular flexibility index (Phi) is 4.58. The molecule has 1 atom stereocenters.